The standard InChI is InChI=1S/C9H12N8O2/c1-16-3-2-6(15-16)4-11-8-7(17(18)19)9(14-10)13-5-12-8/h2-3,5H,4,10H2,1H3,(H2,11,12,13,14). The van der Waals surface area contributed by atoms with Crippen LogP contribution in [0.15, 0.2) is 18.6 Å². The molecule has 0 amide bonds. The summed E-state index contributed by atoms with van der Waals surface area (Å²) in [6, 6.07) is 1.79. The van der Waals surface area contributed by atoms with Crippen molar-refractivity contribution in [3.63, 3.8) is 0 Å². The van der Waals surface area contributed by atoms with Gasteiger partial charge in [-0.1, -0.05) is 0 Å². The van der Waals surface area contributed by atoms with Gasteiger partial charge in [-0.2, -0.15) is 5.10 Å². The number of aromatic nitrogens is 4. The minimum Gasteiger partial charge on any atom is -0.358 e. The van der Waals surface area contributed by atoms with Gasteiger partial charge in [-0.05, 0) is 6.07 Å². The number of nitro groups is 1. The number of nitrogens with zero attached hydrogens (tertiary/aromatic N) is 5. The zero-order chi connectivity index (χ0) is 13.8. The Kier molecular flexibility index (Phi) is 3.52. The largest absolute Gasteiger partial charge is 0.358 e. The van der Waals surface area contributed by atoms with Gasteiger partial charge in [-0.25, -0.2) is 15.8 Å². The third-order valence-electron chi connectivity index (χ3n) is 2.35. The van der Waals surface area contributed by atoms with E-state index < -0.39 is 4.92 Å². The van der Waals surface area contributed by atoms with Crippen LogP contribution in [0.3, 0.4) is 0 Å². The molecule has 19 heavy (non-hydrogen) atoms. The van der Waals surface area contributed by atoms with Crippen molar-refractivity contribution in [3.05, 3.63) is 34.4 Å². The quantitative estimate of drug-likeness (QED) is 0.390. The van der Waals surface area contributed by atoms with E-state index in [2.05, 4.69) is 25.8 Å². The molecule has 0 spiro atoms. The van der Waals surface area contributed by atoms with Crippen molar-refractivity contribution in [2.75, 3.05) is 10.7 Å². The van der Waals surface area contributed by atoms with Crippen LogP contribution in [0.5, 0.6) is 0 Å². The molecule has 0 radical (unpaired) electrons. The van der Waals surface area contributed by atoms with Crippen LogP contribution in [0.1, 0.15) is 5.69 Å². The summed E-state index contributed by atoms with van der Waals surface area (Å²) in [5.41, 5.74) is 2.60. The van der Waals surface area contributed by atoms with Gasteiger partial charge in [0.25, 0.3) is 0 Å². The fraction of sp³-hybridized carbons (Fsp3) is 0.222. The number of nitrogens with one attached hydrogen (secondary N) is 2. The lowest BCUT2D eigenvalue weighted by atomic mass is 10.4. The van der Waals surface area contributed by atoms with E-state index in [-0.39, 0.29) is 17.3 Å². The Morgan fingerprint density at radius 2 is 2.21 bits per heavy atom. The summed E-state index contributed by atoms with van der Waals surface area (Å²) in [6.45, 7) is 0.308. The molecule has 10 nitrogen and oxygen atoms in total. The van der Waals surface area contributed by atoms with Crippen molar-refractivity contribution in [3.8, 4) is 0 Å². The van der Waals surface area contributed by atoms with Gasteiger partial charge in [0.05, 0.1) is 17.2 Å². The third-order valence-corrected chi connectivity index (χ3v) is 2.35. The third kappa shape index (κ3) is 2.74. The van der Waals surface area contributed by atoms with Crippen LogP contribution < -0.4 is 16.6 Å². The molecule has 2 rings (SSSR count). The molecule has 0 saturated heterocycles. The maximum absolute atomic E-state index is 11.0. The lowest BCUT2D eigenvalue weighted by molar-refractivity contribution is -0.383. The van der Waals surface area contributed by atoms with Crippen molar-refractivity contribution >= 4 is 17.3 Å². The van der Waals surface area contributed by atoms with Crippen LogP contribution in [0, 0.1) is 10.1 Å². The van der Waals surface area contributed by atoms with Crippen LogP contribution in [0.4, 0.5) is 17.3 Å². The average molecular weight is 264 g/mol. The number of rotatable bonds is 5. The number of hydrogen-bond donors (Lipinski definition) is 3. The van der Waals surface area contributed by atoms with E-state index in [1.54, 1.807) is 24.0 Å². The number of hydrazine groups is 1. The molecule has 100 valence electrons. The highest BCUT2D eigenvalue weighted by atomic mass is 16.6. The molecule has 0 unspecified atom stereocenters. The van der Waals surface area contributed by atoms with Crippen molar-refractivity contribution < 1.29 is 4.92 Å². The van der Waals surface area contributed by atoms with E-state index >= 15 is 0 Å². The molecular weight excluding hydrogens is 252 g/mol. The van der Waals surface area contributed by atoms with E-state index in [1.807, 2.05) is 0 Å². The first kappa shape index (κ1) is 12.7. The molecule has 0 fully saturated rings. The van der Waals surface area contributed by atoms with Gasteiger partial charge in [0.2, 0.25) is 11.6 Å². The molecule has 0 bridgehead atoms. The fourth-order valence-corrected chi connectivity index (χ4v) is 1.52. The van der Waals surface area contributed by atoms with Gasteiger partial charge >= 0.3 is 5.69 Å². The molecule has 0 aliphatic carbocycles. The molecule has 10 heteroatoms. The number of anilines is 2. The lowest BCUT2D eigenvalue weighted by Gasteiger charge is -2.06. The number of hydrogen-bond acceptors (Lipinski definition) is 8. The smallest absolute Gasteiger partial charge is 0.354 e. The first-order valence-electron chi connectivity index (χ1n) is 5.30. The predicted molar refractivity (Wildman–Crippen MR) is 67.0 cm³/mol. The van der Waals surface area contributed by atoms with Crippen LogP contribution >= 0.6 is 0 Å². The van der Waals surface area contributed by atoms with E-state index in [9.17, 15) is 10.1 Å². The summed E-state index contributed by atoms with van der Waals surface area (Å²) < 4.78 is 1.64. The van der Waals surface area contributed by atoms with Gasteiger partial charge < -0.3 is 10.7 Å². The molecule has 2 heterocycles. The average Bonchev–Trinajstić information content (AvgIpc) is 2.81. The highest BCUT2D eigenvalue weighted by Crippen LogP contribution is 2.28. The van der Waals surface area contributed by atoms with Crippen LogP contribution in [-0.4, -0.2) is 24.7 Å². The summed E-state index contributed by atoms with van der Waals surface area (Å²) >= 11 is 0. The number of nitrogens with two attached hydrogens (primary N) is 1. The monoisotopic (exact) mass is 264 g/mol. The Morgan fingerprint density at radius 3 is 2.79 bits per heavy atom. The summed E-state index contributed by atoms with van der Waals surface area (Å²) in [5, 5.41) is 18.0. The van der Waals surface area contributed by atoms with E-state index in [0.717, 1.165) is 5.69 Å². The van der Waals surface area contributed by atoms with Gasteiger partial charge in [-0.15, -0.1) is 0 Å². The maximum Gasteiger partial charge on any atom is 0.354 e. The van der Waals surface area contributed by atoms with Gasteiger partial charge in [-0.3, -0.25) is 14.8 Å². The summed E-state index contributed by atoms with van der Waals surface area (Å²) in [6.07, 6.45) is 2.96. The molecule has 2 aromatic rings. The molecule has 4 N–H and O–H groups in total. The van der Waals surface area contributed by atoms with Crippen molar-refractivity contribution in [1.82, 2.24) is 19.7 Å². The zero-order valence-corrected chi connectivity index (χ0v) is 10.1. The highest BCUT2D eigenvalue weighted by Gasteiger charge is 2.22. The molecule has 0 aromatic carbocycles. The molecule has 0 aliphatic heterocycles. The van der Waals surface area contributed by atoms with Gasteiger partial charge in [0.1, 0.15) is 6.33 Å². The summed E-state index contributed by atoms with van der Waals surface area (Å²) in [5.74, 6) is 5.21. The summed E-state index contributed by atoms with van der Waals surface area (Å²) in [4.78, 5) is 17.9. The Bertz CT molecular complexity index is 596. The Morgan fingerprint density at radius 1 is 1.47 bits per heavy atom. The number of nitrogen functional groups attached to an aromatic ring is 1. The first-order chi connectivity index (χ1) is 9.11. The van der Waals surface area contributed by atoms with E-state index in [4.69, 9.17) is 5.84 Å². The second-order valence-electron chi connectivity index (χ2n) is 3.66. The molecular formula is C9H12N8O2. The highest BCUT2D eigenvalue weighted by molar-refractivity contribution is 5.68. The molecule has 0 atom stereocenters. The minimum absolute atomic E-state index is 0.0523. The van der Waals surface area contributed by atoms with Gasteiger partial charge in [0.15, 0.2) is 0 Å². The SMILES string of the molecule is Cn1ccc(CNc2ncnc(NN)c2[N+](=O)[O-])n1. The van der Waals surface area contributed by atoms with Crippen LogP contribution in [-0.2, 0) is 13.6 Å². The minimum atomic E-state index is -0.601. The number of aryl methyl sites for hydroxylation is 1. The molecule has 0 saturated carbocycles. The normalized spacial score (nSPS) is 10.2. The van der Waals surface area contributed by atoms with E-state index in [0.29, 0.717) is 6.54 Å². The second-order valence-corrected chi connectivity index (χ2v) is 3.66. The van der Waals surface area contributed by atoms with Crippen LogP contribution in [0.25, 0.3) is 0 Å². The van der Waals surface area contributed by atoms with Gasteiger partial charge in [0, 0.05) is 13.2 Å². The fourth-order valence-electron chi connectivity index (χ4n) is 1.52. The predicted octanol–water partition coefficient (Wildman–Crippen LogP) is 0.0160. The Balaban J connectivity index is 2.22. The van der Waals surface area contributed by atoms with Crippen molar-refractivity contribution in [2.45, 2.75) is 6.54 Å². The molecule has 0 aliphatic rings. The topological polar surface area (TPSA) is 137 Å². The zero-order valence-electron chi connectivity index (χ0n) is 10.1. The summed E-state index contributed by atoms with van der Waals surface area (Å²) in [7, 11) is 1.78. The van der Waals surface area contributed by atoms with Crippen molar-refractivity contribution in [2.24, 2.45) is 12.9 Å². The van der Waals surface area contributed by atoms with Crippen LogP contribution in [0.2, 0.25) is 0 Å². The molecule has 2 aromatic heterocycles. The Labute approximate surface area is 107 Å². The second kappa shape index (κ2) is 5.27. The lowest BCUT2D eigenvalue weighted by Crippen LogP contribution is -2.13. The van der Waals surface area contributed by atoms with Crippen molar-refractivity contribution in [1.29, 1.82) is 0 Å². The Hall–Kier alpha value is -2.75. The maximum atomic E-state index is 11.0. The first-order valence-corrected chi connectivity index (χ1v) is 5.30. The van der Waals surface area contributed by atoms with E-state index in [1.165, 1.54) is 6.33 Å².